The Morgan fingerprint density at radius 3 is 3.00 bits per heavy atom. The van der Waals surface area contributed by atoms with Crippen LogP contribution in [0.3, 0.4) is 0 Å². The first kappa shape index (κ1) is 17.6. The van der Waals surface area contributed by atoms with Crippen LogP contribution in [0, 0.1) is 11.6 Å². The SMILES string of the molecule is O=C(CSc1n[nH]c(N/N=C\c2ccco2)n1)Nc1ccc(F)c(F)c1. The maximum Gasteiger partial charge on any atom is 0.240 e. The van der Waals surface area contributed by atoms with Crippen LogP contribution in [0.1, 0.15) is 5.76 Å². The topological polar surface area (TPSA) is 108 Å². The van der Waals surface area contributed by atoms with Crippen molar-refractivity contribution in [3.8, 4) is 0 Å². The number of carbonyl (C=O) groups excluding carboxylic acids is 1. The first-order chi connectivity index (χ1) is 12.6. The number of furan rings is 1. The molecule has 0 aliphatic heterocycles. The average Bonchev–Trinajstić information content (AvgIpc) is 3.28. The Balaban J connectivity index is 1.46. The molecular weight excluding hydrogens is 366 g/mol. The van der Waals surface area contributed by atoms with Crippen LogP contribution in [0.5, 0.6) is 0 Å². The summed E-state index contributed by atoms with van der Waals surface area (Å²) in [4.78, 5) is 15.9. The van der Waals surface area contributed by atoms with Gasteiger partial charge in [-0.1, -0.05) is 11.8 Å². The van der Waals surface area contributed by atoms with Crippen LogP contribution >= 0.6 is 11.8 Å². The summed E-state index contributed by atoms with van der Waals surface area (Å²) in [6.45, 7) is 0. The second-order valence-electron chi connectivity index (χ2n) is 4.82. The molecule has 3 aromatic rings. The Labute approximate surface area is 150 Å². The number of rotatable bonds is 7. The maximum absolute atomic E-state index is 13.1. The Morgan fingerprint density at radius 1 is 1.35 bits per heavy atom. The monoisotopic (exact) mass is 378 g/mol. The number of nitrogens with zero attached hydrogens (tertiary/aromatic N) is 3. The lowest BCUT2D eigenvalue weighted by Gasteiger charge is -2.04. The number of halogens is 2. The minimum absolute atomic E-state index is 0.00798. The summed E-state index contributed by atoms with van der Waals surface area (Å²) in [5.74, 6) is -1.57. The quantitative estimate of drug-likeness (QED) is 0.331. The van der Waals surface area contributed by atoms with Crippen molar-refractivity contribution in [2.24, 2.45) is 5.10 Å². The summed E-state index contributed by atoms with van der Waals surface area (Å²) in [5.41, 5.74) is 2.80. The summed E-state index contributed by atoms with van der Waals surface area (Å²) in [7, 11) is 0. The van der Waals surface area contributed by atoms with E-state index in [9.17, 15) is 13.6 Å². The van der Waals surface area contributed by atoms with Crippen molar-refractivity contribution in [1.82, 2.24) is 15.2 Å². The molecule has 0 saturated heterocycles. The van der Waals surface area contributed by atoms with E-state index in [2.05, 4.69) is 31.0 Å². The third-order valence-electron chi connectivity index (χ3n) is 2.91. The highest BCUT2D eigenvalue weighted by atomic mass is 32.2. The minimum atomic E-state index is -1.03. The van der Waals surface area contributed by atoms with Crippen molar-refractivity contribution in [2.75, 3.05) is 16.5 Å². The molecule has 8 nitrogen and oxygen atoms in total. The number of hydrazone groups is 1. The van der Waals surface area contributed by atoms with Gasteiger partial charge in [0.05, 0.1) is 18.2 Å². The van der Waals surface area contributed by atoms with Crippen LogP contribution in [0.25, 0.3) is 0 Å². The van der Waals surface area contributed by atoms with Crippen molar-refractivity contribution in [3.05, 3.63) is 54.0 Å². The number of amides is 1. The normalized spacial score (nSPS) is 11.0. The van der Waals surface area contributed by atoms with Crippen molar-refractivity contribution in [3.63, 3.8) is 0 Å². The van der Waals surface area contributed by atoms with Gasteiger partial charge < -0.3 is 9.73 Å². The molecule has 2 heterocycles. The molecule has 134 valence electrons. The van der Waals surface area contributed by atoms with Gasteiger partial charge in [-0.25, -0.2) is 19.3 Å². The third-order valence-corrected chi connectivity index (χ3v) is 3.75. The minimum Gasteiger partial charge on any atom is -0.463 e. The van der Waals surface area contributed by atoms with Gasteiger partial charge in [0.1, 0.15) is 5.76 Å². The lowest BCUT2D eigenvalue weighted by Crippen LogP contribution is -2.14. The van der Waals surface area contributed by atoms with E-state index in [1.807, 2.05) is 0 Å². The number of thioether (sulfide) groups is 1. The number of anilines is 2. The molecule has 3 rings (SSSR count). The van der Waals surface area contributed by atoms with Gasteiger partial charge in [-0.05, 0) is 24.3 Å². The Bertz CT molecular complexity index is 913. The van der Waals surface area contributed by atoms with Gasteiger partial charge in [0.25, 0.3) is 0 Å². The molecule has 11 heteroatoms. The zero-order valence-corrected chi connectivity index (χ0v) is 13.9. The zero-order chi connectivity index (χ0) is 18.4. The predicted molar refractivity (Wildman–Crippen MR) is 92.0 cm³/mol. The van der Waals surface area contributed by atoms with Crippen molar-refractivity contribution >= 4 is 35.5 Å². The summed E-state index contributed by atoms with van der Waals surface area (Å²) >= 11 is 1.06. The van der Waals surface area contributed by atoms with Crippen molar-refractivity contribution in [1.29, 1.82) is 0 Å². The number of aromatic nitrogens is 3. The van der Waals surface area contributed by atoms with Crippen LogP contribution < -0.4 is 10.7 Å². The van der Waals surface area contributed by atoms with Gasteiger partial charge in [0.15, 0.2) is 11.6 Å². The van der Waals surface area contributed by atoms with Crippen LogP contribution in [0.4, 0.5) is 20.4 Å². The summed E-state index contributed by atoms with van der Waals surface area (Å²) < 4.78 is 31.0. The van der Waals surface area contributed by atoms with Gasteiger partial charge in [-0.2, -0.15) is 10.1 Å². The van der Waals surface area contributed by atoms with E-state index in [0.717, 1.165) is 23.9 Å². The molecule has 0 spiro atoms. The molecule has 0 unspecified atom stereocenters. The van der Waals surface area contributed by atoms with Crippen LogP contribution in [-0.4, -0.2) is 33.1 Å². The fraction of sp³-hybridized carbons (Fsp3) is 0.0667. The van der Waals surface area contributed by atoms with Crippen LogP contribution in [-0.2, 0) is 4.79 Å². The largest absolute Gasteiger partial charge is 0.463 e. The van der Waals surface area contributed by atoms with Crippen molar-refractivity contribution < 1.29 is 18.0 Å². The van der Waals surface area contributed by atoms with E-state index in [-0.39, 0.29) is 17.4 Å². The predicted octanol–water partition coefficient (Wildman–Crippen LogP) is 2.85. The average molecular weight is 378 g/mol. The molecule has 26 heavy (non-hydrogen) atoms. The number of nitrogens with one attached hydrogen (secondary N) is 3. The molecule has 3 N–H and O–H groups in total. The molecule has 0 saturated carbocycles. The van der Waals surface area contributed by atoms with Crippen molar-refractivity contribution in [2.45, 2.75) is 5.16 Å². The molecule has 1 aromatic carbocycles. The van der Waals surface area contributed by atoms with Crippen LogP contribution in [0.15, 0.2) is 51.3 Å². The van der Waals surface area contributed by atoms with Gasteiger partial charge in [0, 0.05) is 11.8 Å². The molecule has 0 aliphatic carbocycles. The van der Waals surface area contributed by atoms with E-state index >= 15 is 0 Å². The van der Waals surface area contributed by atoms with Gasteiger partial charge in [0.2, 0.25) is 17.0 Å². The highest BCUT2D eigenvalue weighted by molar-refractivity contribution is 7.99. The molecule has 0 bridgehead atoms. The molecule has 2 aromatic heterocycles. The smallest absolute Gasteiger partial charge is 0.240 e. The summed E-state index contributed by atoms with van der Waals surface area (Å²) in [6.07, 6.45) is 2.99. The van der Waals surface area contributed by atoms with E-state index < -0.39 is 17.5 Å². The van der Waals surface area contributed by atoms with Gasteiger partial charge in [-0.15, -0.1) is 5.10 Å². The van der Waals surface area contributed by atoms with E-state index in [1.165, 1.54) is 18.5 Å². The Kier molecular flexibility index (Phi) is 5.59. The molecule has 0 atom stereocenters. The molecular formula is C15H12F2N6O2S. The number of benzene rings is 1. The highest BCUT2D eigenvalue weighted by Gasteiger charge is 2.09. The number of aromatic amines is 1. The third kappa shape index (κ3) is 4.89. The van der Waals surface area contributed by atoms with Crippen LogP contribution in [0.2, 0.25) is 0 Å². The Hall–Kier alpha value is -3.21. The van der Waals surface area contributed by atoms with Gasteiger partial charge >= 0.3 is 0 Å². The fourth-order valence-electron chi connectivity index (χ4n) is 1.78. The Morgan fingerprint density at radius 2 is 2.23 bits per heavy atom. The highest BCUT2D eigenvalue weighted by Crippen LogP contribution is 2.16. The van der Waals surface area contributed by atoms with E-state index in [4.69, 9.17) is 4.42 Å². The molecule has 0 radical (unpaired) electrons. The maximum atomic E-state index is 13.1. The zero-order valence-electron chi connectivity index (χ0n) is 13.1. The number of H-pyrrole nitrogens is 1. The number of hydrogen-bond donors (Lipinski definition) is 3. The first-order valence-electron chi connectivity index (χ1n) is 7.23. The lowest BCUT2D eigenvalue weighted by molar-refractivity contribution is -0.113. The standard InChI is InChI=1S/C15H12F2N6O2S/c16-11-4-3-9(6-12(11)17)19-13(24)8-26-15-20-14(22-23-15)21-18-7-10-2-1-5-25-10/h1-7H,8H2,(H,19,24)(H2,20,21,22,23)/b18-7-. The first-order valence-corrected chi connectivity index (χ1v) is 8.21. The van der Waals surface area contributed by atoms with E-state index in [1.54, 1.807) is 12.1 Å². The van der Waals surface area contributed by atoms with E-state index in [0.29, 0.717) is 10.9 Å². The summed E-state index contributed by atoms with van der Waals surface area (Å²) in [6, 6.07) is 6.58. The number of hydrogen-bond acceptors (Lipinski definition) is 7. The van der Waals surface area contributed by atoms with Gasteiger partial charge in [-0.3, -0.25) is 4.79 Å². The molecule has 1 amide bonds. The molecule has 0 aliphatic rings. The second kappa shape index (κ2) is 8.25. The number of carbonyl (C=O) groups is 1. The lowest BCUT2D eigenvalue weighted by atomic mass is 10.3. The second-order valence-corrected chi connectivity index (χ2v) is 5.76. The fourth-order valence-corrected chi connectivity index (χ4v) is 2.38. The summed E-state index contributed by atoms with van der Waals surface area (Å²) in [5, 5.41) is 13.2. The molecule has 0 fully saturated rings.